The molecule has 0 bridgehead atoms. The summed E-state index contributed by atoms with van der Waals surface area (Å²) in [6.45, 7) is 0.456. The van der Waals surface area contributed by atoms with Crippen LogP contribution in [0.2, 0.25) is 0 Å². The van der Waals surface area contributed by atoms with Gasteiger partial charge in [0.25, 0.3) is 10.0 Å². The van der Waals surface area contributed by atoms with Gasteiger partial charge in [0, 0.05) is 25.0 Å². The molecule has 0 spiro atoms. The van der Waals surface area contributed by atoms with Gasteiger partial charge in [0.1, 0.15) is 0 Å². The van der Waals surface area contributed by atoms with Crippen molar-refractivity contribution in [3.63, 3.8) is 0 Å². The van der Waals surface area contributed by atoms with Crippen LogP contribution in [0, 0.1) is 0 Å². The second-order valence-electron chi connectivity index (χ2n) is 5.61. The van der Waals surface area contributed by atoms with Gasteiger partial charge in [-0.2, -0.15) is 4.31 Å². The van der Waals surface area contributed by atoms with E-state index in [2.05, 4.69) is 4.74 Å². The van der Waals surface area contributed by atoms with E-state index in [1.165, 1.54) is 23.5 Å². The fourth-order valence-corrected chi connectivity index (χ4v) is 4.25. The van der Waals surface area contributed by atoms with Crippen LogP contribution in [0.5, 0.6) is 0 Å². The van der Waals surface area contributed by atoms with Crippen molar-refractivity contribution in [2.24, 2.45) is 5.73 Å². The molecule has 1 fully saturated rings. The Bertz CT molecular complexity index is 837. The maximum absolute atomic E-state index is 12.7. The van der Waals surface area contributed by atoms with Gasteiger partial charge in [-0.05, 0) is 17.7 Å². The van der Waals surface area contributed by atoms with Crippen molar-refractivity contribution >= 4 is 28.4 Å². The smallest absolute Gasteiger partial charge is 0.374 e. The fraction of sp³-hybridized carbons (Fsp3) is 0.312. The van der Waals surface area contributed by atoms with Crippen LogP contribution in [-0.2, 0) is 14.8 Å². The molecular weight excluding hydrogens is 368 g/mol. The minimum absolute atomic E-state index is 0. The lowest BCUT2D eigenvalue weighted by atomic mass is 9.95. The van der Waals surface area contributed by atoms with Gasteiger partial charge in [0.2, 0.25) is 10.9 Å². The van der Waals surface area contributed by atoms with Crippen molar-refractivity contribution in [3.8, 4) is 0 Å². The number of nitrogens with two attached hydrogens (primary N) is 1. The number of sulfonamides is 1. The van der Waals surface area contributed by atoms with E-state index < -0.39 is 16.0 Å². The van der Waals surface area contributed by atoms with E-state index in [0.29, 0.717) is 0 Å². The second-order valence-corrected chi connectivity index (χ2v) is 7.48. The van der Waals surface area contributed by atoms with Crippen LogP contribution in [0.1, 0.15) is 22.0 Å². The van der Waals surface area contributed by atoms with Gasteiger partial charge in [0.15, 0.2) is 0 Å². The molecule has 9 heteroatoms. The average Bonchev–Trinajstić information content (AvgIpc) is 3.22. The third-order valence-corrected chi connectivity index (χ3v) is 5.83. The molecule has 0 unspecified atom stereocenters. The zero-order chi connectivity index (χ0) is 17.3. The van der Waals surface area contributed by atoms with Gasteiger partial charge in [-0.15, -0.1) is 12.4 Å². The molecule has 1 aromatic heterocycles. The third kappa shape index (κ3) is 3.72. The Kier molecular flexibility index (Phi) is 5.89. The lowest BCUT2D eigenvalue weighted by molar-refractivity contribution is 0.0558. The Morgan fingerprint density at radius 2 is 1.88 bits per heavy atom. The number of benzene rings is 1. The fourth-order valence-electron chi connectivity index (χ4n) is 2.84. The Morgan fingerprint density at radius 1 is 1.20 bits per heavy atom. The maximum atomic E-state index is 12.7. The number of furan rings is 1. The largest absolute Gasteiger partial charge is 0.463 e. The van der Waals surface area contributed by atoms with Gasteiger partial charge >= 0.3 is 5.97 Å². The van der Waals surface area contributed by atoms with Crippen LogP contribution in [-0.4, -0.2) is 44.9 Å². The van der Waals surface area contributed by atoms with Gasteiger partial charge in [0.05, 0.1) is 7.11 Å². The summed E-state index contributed by atoms with van der Waals surface area (Å²) in [7, 11) is -2.66. The summed E-state index contributed by atoms with van der Waals surface area (Å²) in [5.74, 6) is -0.966. The first-order valence-electron chi connectivity index (χ1n) is 7.42. The normalized spacial score (nSPS) is 20.9. The quantitative estimate of drug-likeness (QED) is 0.800. The number of halogens is 1. The van der Waals surface area contributed by atoms with Crippen molar-refractivity contribution in [3.05, 3.63) is 53.8 Å². The Labute approximate surface area is 152 Å². The van der Waals surface area contributed by atoms with Crippen molar-refractivity contribution in [1.82, 2.24) is 4.31 Å². The minimum Gasteiger partial charge on any atom is -0.463 e. The number of nitrogens with zero attached hydrogens (tertiary/aromatic N) is 1. The molecule has 0 amide bonds. The predicted octanol–water partition coefficient (Wildman–Crippen LogP) is 1.60. The number of esters is 1. The number of methoxy groups -OCH3 is 1. The molecule has 7 nitrogen and oxygen atoms in total. The molecule has 25 heavy (non-hydrogen) atoms. The topological polar surface area (TPSA) is 103 Å². The molecule has 136 valence electrons. The predicted molar refractivity (Wildman–Crippen MR) is 93.2 cm³/mol. The van der Waals surface area contributed by atoms with Crippen LogP contribution in [0.25, 0.3) is 0 Å². The zero-order valence-electron chi connectivity index (χ0n) is 13.5. The van der Waals surface area contributed by atoms with Gasteiger partial charge in [-0.3, -0.25) is 0 Å². The van der Waals surface area contributed by atoms with E-state index in [9.17, 15) is 13.2 Å². The van der Waals surface area contributed by atoms with Crippen molar-refractivity contribution in [2.75, 3.05) is 20.2 Å². The highest BCUT2D eigenvalue weighted by atomic mass is 35.5. The summed E-state index contributed by atoms with van der Waals surface area (Å²) >= 11 is 0. The van der Waals surface area contributed by atoms with E-state index in [4.69, 9.17) is 10.2 Å². The number of hydrogen-bond donors (Lipinski definition) is 1. The summed E-state index contributed by atoms with van der Waals surface area (Å²) in [5, 5.41) is -0.288. The summed E-state index contributed by atoms with van der Waals surface area (Å²) in [4.78, 5) is 11.4. The maximum Gasteiger partial charge on any atom is 0.374 e. The van der Waals surface area contributed by atoms with Crippen molar-refractivity contribution < 1.29 is 22.4 Å². The van der Waals surface area contributed by atoms with Crippen LogP contribution in [0.15, 0.2) is 52.0 Å². The highest BCUT2D eigenvalue weighted by Crippen LogP contribution is 2.31. The molecule has 2 heterocycles. The van der Waals surface area contributed by atoms with Crippen LogP contribution in [0.4, 0.5) is 0 Å². The number of carbonyl (C=O) groups excluding carboxylic acids is 1. The Hall–Kier alpha value is -1.87. The van der Waals surface area contributed by atoms with E-state index in [1.807, 2.05) is 30.3 Å². The summed E-state index contributed by atoms with van der Waals surface area (Å²) in [6, 6.07) is 11.8. The van der Waals surface area contributed by atoms with Gasteiger partial charge < -0.3 is 14.9 Å². The number of carbonyl (C=O) groups is 1. The Balaban J connectivity index is 0.00000225. The number of rotatable bonds is 4. The minimum atomic E-state index is -3.85. The standard InChI is InChI=1S/C16H18N2O5S.ClH/c1-22-16(19)14-7-8-15(23-14)24(20,21)18-9-12(13(17)10-18)11-5-3-2-4-6-11;/h2-8,12-13H,9-10,17H2,1H3;1H/t12-,13+;/m0./s1. The molecule has 2 aromatic rings. The molecule has 1 aliphatic heterocycles. The van der Waals surface area contributed by atoms with E-state index in [1.54, 1.807) is 0 Å². The van der Waals surface area contributed by atoms with Crippen molar-refractivity contribution in [2.45, 2.75) is 17.1 Å². The van der Waals surface area contributed by atoms with Gasteiger partial charge in [-0.25, -0.2) is 13.2 Å². The molecule has 1 saturated heterocycles. The first-order valence-corrected chi connectivity index (χ1v) is 8.86. The summed E-state index contributed by atoms with van der Waals surface area (Å²) in [5.41, 5.74) is 7.14. The number of hydrogen-bond acceptors (Lipinski definition) is 6. The molecule has 2 atom stereocenters. The van der Waals surface area contributed by atoms with E-state index >= 15 is 0 Å². The molecule has 1 aliphatic rings. The third-order valence-electron chi connectivity index (χ3n) is 4.12. The van der Waals surface area contributed by atoms with E-state index in [0.717, 1.165) is 5.56 Å². The zero-order valence-corrected chi connectivity index (χ0v) is 15.1. The molecular formula is C16H19ClN2O5S. The molecule has 0 radical (unpaired) electrons. The summed E-state index contributed by atoms with van der Waals surface area (Å²) < 4.78 is 36.4. The molecule has 0 aliphatic carbocycles. The Morgan fingerprint density at radius 3 is 2.52 bits per heavy atom. The monoisotopic (exact) mass is 386 g/mol. The molecule has 0 saturated carbocycles. The second kappa shape index (κ2) is 7.57. The van der Waals surface area contributed by atoms with Crippen molar-refractivity contribution in [1.29, 1.82) is 0 Å². The summed E-state index contributed by atoms with van der Waals surface area (Å²) in [6.07, 6.45) is 0. The lowest BCUT2D eigenvalue weighted by Crippen LogP contribution is -2.32. The van der Waals surface area contributed by atoms with Crippen LogP contribution in [0.3, 0.4) is 0 Å². The molecule has 3 rings (SSSR count). The molecule has 2 N–H and O–H groups in total. The first kappa shape index (κ1) is 19.5. The SMILES string of the molecule is COC(=O)c1ccc(S(=O)(=O)N2C[C@@H](N)[C@H](c3ccccc3)C2)o1.Cl. The molecule has 1 aromatic carbocycles. The first-order chi connectivity index (χ1) is 11.4. The lowest BCUT2D eigenvalue weighted by Gasteiger charge is -2.15. The van der Waals surface area contributed by atoms with Gasteiger partial charge in [-0.1, -0.05) is 30.3 Å². The van der Waals surface area contributed by atoms with Crippen LogP contribution >= 0.6 is 12.4 Å². The highest BCUT2D eigenvalue weighted by molar-refractivity contribution is 7.89. The average molecular weight is 387 g/mol. The highest BCUT2D eigenvalue weighted by Gasteiger charge is 2.39. The van der Waals surface area contributed by atoms with E-state index in [-0.39, 0.29) is 48.3 Å². The van der Waals surface area contributed by atoms with Crippen LogP contribution < -0.4 is 5.73 Å². The number of ether oxygens (including phenoxy) is 1.